The molecule has 0 atom stereocenters. The highest BCUT2D eigenvalue weighted by Crippen LogP contribution is 2.38. The number of hydrogen-bond acceptors (Lipinski definition) is 3. The van der Waals surface area contributed by atoms with E-state index in [1.54, 1.807) is 0 Å². The lowest BCUT2D eigenvalue weighted by molar-refractivity contribution is 0.0652. The maximum absolute atomic E-state index is 10.9. The van der Waals surface area contributed by atoms with Gasteiger partial charge in [-0.3, -0.25) is 0 Å². The fraction of sp³-hybridized carbons (Fsp3) is 0.333. The molecule has 4 heteroatoms. The van der Waals surface area contributed by atoms with Crippen molar-refractivity contribution in [3.8, 4) is 11.3 Å². The van der Waals surface area contributed by atoms with Crippen LogP contribution in [0.5, 0.6) is 0 Å². The molecule has 1 fully saturated rings. The van der Waals surface area contributed by atoms with Gasteiger partial charge in [-0.05, 0) is 24.3 Å². The molecule has 1 aliphatic carbocycles. The number of nitrogens with zero attached hydrogens (tertiary/aromatic N) is 1. The van der Waals surface area contributed by atoms with Crippen LogP contribution in [0.2, 0.25) is 0 Å². The summed E-state index contributed by atoms with van der Waals surface area (Å²) in [4.78, 5) is 10.9. The van der Waals surface area contributed by atoms with E-state index in [1.165, 1.54) is 37.3 Å². The summed E-state index contributed by atoms with van der Waals surface area (Å²) in [5, 5.41) is 12.8. The highest BCUT2D eigenvalue weighted by molar-refractivity contribution is 5.85. The van der Waals surface area contributed by atoms with Crippen LogP contribution in [0.25, 0.3) is 11.3 Å². The summed E-state index contributed by atoms with van der Waals surface area (Å²) in [5.41, 5.74) is 2.86. The molecule has 98 valence electrons. The molecule has 0 saturated heterocycles. The molecule has 0 unspecified atom stereocenters. The molecule has 0 amide bonds. The summed E-state index contributed by atoms with van der Waals surface area (Å²) < 4.78 is 4.85. The van der Waals surface area contributed by atoms with Crippen molar-refractivity contribution in [3.05, 3.63) is 41.7 Å². The number of carboxylic acids is 1. The number of aromatic carboxylic acids is 1. The first kappa shape index (κ1) is 12.0. The molecular formula is C15H15NO3. The minimum absolute atomic E-state index is 0.115. The highest BCUT2D eigenvalue weighted by Gasteiger charge is 2.22. The molecular weight excluding hydrogens is 242 g/mol. The minimum atomic E-state index is -1.09. The topological polar surface area (TPSA) is 63.3 Å². The Balaban J connectivity index is 2.01. The van der Waals surface area contributed by atoms with Crippen molar-refractivity contribution in [2.45, 2.75) is 31.6 Å². The predicted octanol–water partition coefficient (Wildman–Crippen LogP) is 3.70. The Hall–Kier alpha value is -2.10. The largest absolute Gasteiger partial charge is 0.475 e. The van der Waals surface area contributed by atoms with Crippen LogP contribution in [-0.4, -0.2) is 16.2 Å². The van der Waals surface area contributed by atoms with Crippen LogP contribution >= 0.6 is 0 Å². The van der Waals surface area contributed by atoms with E-state index in [0.29, 0.717) is 11.6 Å². The van der Waals surface area contributed by atoms with Gasteiger partial charge in [-0.25, -0.2) is 4.79 Å². The fourth-order valence-corrected chi connectivity index (χ4v) is 2.83. The van der Waals surface area contributed by atoms with Gasteiger partial charge in [-0.15, -0.1) is 0 Å². The molecule has 1 N–H and O–H groups in total. The molecule has 0 radical (unpaired) electrons. The number of carboxylic acid groups (broad SMARTS) is 1. The lowest BCUT2D eigenvalue weighted by atomic mass is 9.91. The van der Waals surface area contributed by atoms with Crippen molar-refractivity contribution in [3.63, 3.8) is 0 Å². The quantitative estimate of drug-likeness (QED) is 0.910. The smallest absolute Gasteiger partial charge is 0.374 e. The normalized spacial score (nSPS) is 15.8. The second-order valence-electron chi connectivity index (χ2n) is 4.95. The van der Waals surface area contributed by atoms with Crippen molar-refractivity contribution in [1.82, 2.24) is 5.16 Å². The van der Waals surface area contributed by atoms with E-state index < -0.39 is 5.97 Å². The zero-order valence-electron chi connectivity index (χ0n) is 10.5. The Kier molecular flexibility index (Phi) is 3.07. The second-order valence-corrected chi connectivity index (χ2v) is 4.95. The van der Waals surface area contributed by atoms with E-state index in [4.69, 9.17) is 9.63 Å². The van der Waals surface area contributed by atoms with Crippen LogP contribution in [0.1, 0.15) is 47.7 Å². The Morgan fingerprint density at radius 1 is 1.26 bits per heavy atom. The predicted molar refractivity (Wildman–Crippen MR) is 70.1 cm³/mol. The molecule has 1 aliphatic rings. The Morgan fingerprint density at radius 2 is 2.00 bits per heavy atom. The van der Waals surface area contributed by atoms with Gasteiger partial charge in [0, 0.05) is 11.6 Å². The third-order valence-electron chi connectivity index (χ3n) is 3.75. The van der Waals surface area contributed by atoms with Crippen molar-refractivity contribution in [2.24, 2.45) is 0 Å². The standard InChI is InChI=1S/C15H15NO3/c17-15(18)14-9-13(16-19-14)12-8-4-3-7-11(12)10-5-1-2-6-10/h3-4,7-10H,1-2,5-6H2,(H,17,18). The maximum Gasteiger partial charge on any atom is 0.374 e. The zero-order chi connectivity index (χ0) is 13.2. The third kappa shape index (κ3) is 2.26. The lowest BCUT2D eigenvalue weighted by Crippen LogP contribution is -1.96. The molecule has 2 aromatic rings. The van der Waals surface area contributed by atoms with Crippen molar-refractivity contribution < 1.29 is 14.4 Å². The van der Waals surface area contributed by atoms with Gasteiger partial charge < -0.3 is 9.63 Å². The average molecular weight is 257 g/mol. The van der Waals surface area contributed by atoms with Crippen molar-refractivity contribution in [1.29, 1.82) is 0 Å². The molecule has 0 spiro atoms. The van der Waals surface area contributed by atoms with Gasteiger partial charge in [0.2, 0.25) is 5.76 Å². The molecule has 19 heavy (non-hydrogen) atoms. The average Bonchev–Trinajstić information content (AvgIpc) is 3.10. The minimum Gasteiger partial charge on any atom is -0.475 e. The molecule has 1 saturated carbocycles. The van der Waals surface area contributed by atoms with Crippen molar-refractivity contribution in [2.75, 3.05) is 0 Å². The van der Waals surface area contributed by atoms with E-state index in [9.17, 15) is 4.79 Å². The van der Waals surface area contributed by atoms with Gasteiger partial charge in [0.05, 0.1) is 0 Å². The SMILES string of the molecule is O=C(O)c1cc(-c2ccccc2C2CCCC2)no1. The summed E-state index contributed by atoms with van der Waals surface area (Å²) in [6.07, 6.45) is 4.91. The molecule has 1 heterocycles. The molecule has 1 aromatic carbocycles. The number of benzene rings is 1. The van der Waals surface area contributed by atoms with Crippen LogP contribution in [0.15, 0.2) is 34.9 Å². The monoisotopic (exact) mass is 257 g/mol. The van der Waals surface area contributed by atoms with Gasteiger partial charge in [-0.1, -0.05) is 42.3 Å². The third-order valence-corrected chi connectivity index (χ3v) is 3.75. The summed E-state index contributed by atoms with van der Waals surface area (Å²) in [6.45, 7) is 0. The summed E-state index contributed by atoms with van der Waals surface area (Å²) in [7, 11) is 0. The Bertz CT molecular complexity index is 597. The first-order valence-electron chi connectivity index (χ1n) is 6.55. The van der Waals surface area contributed by atoms with Crippen LogP contribution in [0.3, 0.4) is 0 Å². The van der Waals surface area contributed by atoms with Crippen molar-refractivity contribution >= 4 is 5.97 Å². The van der Waals surface area contributed by atoms with Gasteiger partial charge in [0.1, 0.15) is 5.69 Å². The van der Waals surface area contributed by atoms with Gasteiger partial charge in [0.15, 0.2) is 0 Å². The Labute approximate surface area is 111 Å². The maximum atomic E-state index is 10.9. The van der Waals surface area contributed by atoms with Crippen LogP contribution in [-0.2, 0) is 0 Å². The van der Waals surface area contributed by atoms with Gasteiger partial charge >= 0.3 is 5.97 Å². The lowest BCUT2D eigenvalue weighted by Gasteiger charge is -2.13. The molecule has 4 nitrogen and oxygen atoms in total. The first-order chi connectivity index (χ1) is 9.25. The van der Waals surface area contributed by atoms with E-state index >= 15 is 0 Å². The van der Waals surface area contributed by atoms with E-state index in [2.05, 4.69) is 11.2 Å². The van der Waals surface area contributed by atoms with E-state index in [1.807, 2.05) is 18.2 Å². The summed E-state index contributed by atoms with van der Waals surface area (Å²) in [5.74, 6) is -0.644. The van der Waals surface area contributed by atoms with Gasteiger partial charge in [-0.2, -0.15) is 0 Å². The number of hydrogen-bond donors (Lipinski definition) is 1. The van der Waals surface area contributed by atoms with Crippen LogP contribution < -0.4 is 0 Å². The number of aromatic nitrogens is 1. The van der Waals surface area contributed by atoms with E-state index in [0.717, 1.165) is 5.56 Å². The summed E-state index contributed by atoms with van der Waals surface area (Å²) in [6, 6.07) is 9.56. The first-order valence-corrected chi connectivity index (χ1v) is 6.55. The highest BCUT2D eigenvalue weighted by atomic mass is 16.5. The molecule has 0 aliphatic heterocycles. The molecule has 1 aromatic heterocycles. The second kappa shape index (κ2) is 4.88. The molecule has 3 rings (SSSR count). The van der Waals surface area contributed by atoms with E-state index in [-0.39, 0.29) is 5.76 Å². The van der Waals surface area contributed by atoms with Crippen LogP contribution in [0.4, 0.5) is 0 Å². The Morgan fingerprint density at radius 3 is 2.68 bits per heavy atom. The fourth-order valence-electron chi connectivity index (χ4n) is 2.83. The molecule has 0 bridgehead atoms. The van der Waals surface area contributed by atoms with Gasteiger partial charge in [0.25, 0.3) is 0 Å². The number of rotatable bonds is 3. The zero-order valence-corrected chi connectivity index (χ0v) is 10.5. The summed E-state index contributed by atoms with van der Waals surface area (Å²) >= 11 is 0. The number of carbonyl (C=O) groups is 1. The van der Waals surface area contributed by atoms with Crippen LogP contribution in [0, 0.1) is 0 Å².